The number of benzene rings is 1. The first kappa shape index (κ1) is 11.6. The first-order valence-corrected chi connectivity index (χ1v) is 5.04. The molecule has 0 saturated heterocycles. The van der Waals surface area contributed by atoms with Gasteiger partial charge >= 0.3 is 0 Å². The molecule has 0 unspecified atom stereocenters. The van der Waals surface area contributed by atoms with Crippen LogP contribution in [0.2, 0.25) is 0 Å². The van der Waals surface area contributed by atoms with Gasteiger partial charge in [-0.05, 0) is 36.0 Å². The summed E-state index contributed by atoms with van der Waals surface area (Å²) in [7, 11) is 0. The molecule has 0 heterocycles. The predicted molar refractivity (Wildman–Crippen MR) is 60.9 cm³/mol. The van der Waals surface area contributed by atoms with E-state index in [1.807, 2.05) is 13.8 Å². The van der Waals surface area contributed by atoms with Crippen LogP contribution < -0.4 is 4.74 Å². The quantitative estimate of drug-likeness (QED) is 0.655. The lowest BCUT2D eigenvalue weighted by Crippen LogP contribution is -2.12. The molecule has 0 fully saturated rings. The van der Waals surface area contributed by atoms with Crippen LogP contribution in [-0.2, 0) is 5.41 Å². The molecule has 0 atom stereocenters. The third kappa shape index (κ3) is 2.50. The summed E-state index contributed by atoms with van der Waals surface area (Å²) in [4.78, 5) is 0. The molecule has 0 radical (unpaired) electrons. The van der Waals surface area contributed by atoms with Crippen molar-refractivity contribution in [2.24, 2.45) is 0 Å². The molecule has 0 spiro atoms. The first-order valence-electron chi connectivity index (χ1n) is 5.04. The van der Waals surface area contributed by atoms with Crippen molar-refractivity contribution in [3.05, 3.63) is 28.8 Å². The normalized spacial score (nSPS) is 10.9. The molecule has 15 heavy (non-hydrogen) atoms. The van der Waals surface area contributed by atoms with E-state index in [1.54, 1.807) is 6.26 Å². The SMILES string of the molecule is Cc1cc(C(C)(C)C)cc(C)c1OC#N. The standard InChI is InChI=1S/C13H17NO/c1-9-6-11(13(3,4)5)7-10(2)12(9)15-8-14/h6-7H,1-5H3. The lowest BCUT2D eigenvalue weighted by atomic mass is 9.85. The summed E-state index contributed by atoms with van der Waals surface area (Å²) in [5.41, 5.74) is 3.42. The molecular formula is C13H17NO. The Balaban J connectivity index is 3.27. The molecule has 0 aliphatic carbocycles. The van der Waals surface area contributed by atoms with Crippen LogP contribution in [0.1, 0.15) is 37.5 Å². The van der Waals surface area contributed by atoms with Crippen LogP contribution in [0.25, 0.3) is 0 Å². The number of nitriles is 1. The Morgan fingerprint density at radius 3 is 1.93 bits per heavy atom. The number of hydrogen-bond acceptors (Lipinski definition) is 2. The van der Waals surface area contributed by atoms with Crippen molar-refractivity contribution in [1.82, 2.24) is 0 Å². The van der Waals surface area contributed by atoms with Crippen LogP contribution in [-0.4, -0.2) is 0 Å². The third-order valence-corrected chi connectivity index (χ3v) is 2.47. The molecule has 0 amide bonds. The fourth-order valence-electron chi connectivity index (χ4n) is 1.59. The van der Waals surface area contributed by atoms with Crippen LogP contribution >= 0.6 is 0 Å². The van der Waals surface area contributed by atoms with Gasteiger partial charge < -0.3 is 4.74 Å². The van der Waals surface area contributed by atoms with Gasteiger partial charge in [-0.3, -0.25) is 0 Å². The maximum absolute atomic E-state index is 8.53. The van der Waals surface area contributed by atoms with Crippen LogP contribution in [0.5, 0.6) is 5.75 Å². The van der Waals surface area contributed by atoms with Crippen molar-refractivity contribution in [2.75, 3.05) is 0 Å². The van der Waals surface area contributed by atoms with E-state index in [4.69, 9.17) is 10.00 Å². The average Bonchev–Trinajstić information content (AvgIpc) is 2.09. The van der Waals surface area contributed by atoms with Crippen molar-refractivity contribution in [2.45, 2.75) is 40.0 Å². The van der Waals surface area contributed by atoms with Gasteiger partial charge in [0.2, 0.25) is 0 Å². The van der Waals surface area contributed by atoms with Crippen LogP contribution in [0.15, 0.2) is 12.1 Å². The van der Waals surface area contributed by atoms with Crippen molar-refractivity contribution in [1.29, 1.82) is 5.26 Å². The van der Waals surface area contributed by atoms with Gasteiger partial charge in [-0.1, -0.05) is 32.9 Å². The van der Waals surface area contributed by atoms with E-state index < -0.39 is 0 Å². The van der Waals surface area contributed by atoms with Crippen LogP contribution in [0, 0.1) is 25.4 Å². The Morgan fingerprint density at radius 2 is 1.60 bits per heavy atom. The van der Waals surface area contributed by atoms with Gasteiger partial charge in [-0.2, -0.15) is 0 Å². The molecule has 80 valence electrons. The maximum atomic E-state index is 8.53. The van der Waals surface area contributed by atoms with E-state index >= 15 is 0 Å². The monoisotopic (exact) mass is 203 g/mol. The average molecular weight is 203 g/mol. The van der Waals surface area contributed by atoms with Gasteiger partial charge in [0.15, 0.2) is 0 Å². The minimum absolute atomic E-state index is 0.126. The van der Waals surface area contributed by atoms with Crippen molar-refractivity contribution < 1.29 is 4.74 Å². The second-order valence-corrected chi connectivity index (χ2v) is 4.88. The van der Waals surface area contributed by atoms with E-state index in [-0.39, 0.29) is 5.41 Å². The van der Waals surface area contributed by atoms with Gasteiger partial charge in [-0.25, -0.2) is 0 Å². The summed E-state index contributed by atoms with van der Waals surface area (Å²) >= 11 is 0. The topological polar surface area (TPSA) is 33.0 Å². The molecule has 0 aliphatic rings. The molecule has 0 bridgehead atoms. The zero-order valence-corrected chi connectivity index (χ0v) is 10.0. The maximum Gasteiger partial charge on any atom is 0.292 e. The highest BCUT2D eigenvalue weighted by molar-refractivity contribution is 5.45. The van der Waals surface area contributed by atoms with Crippen molar-refractivity contribution >= 4 is 0 Å². The second kappa shape index (κ2) is 3.94. The highest BCUT2D eigenvalue weighted by Gasteiger charge is 2.16. The van der Waals surface area contributed by atoms with Crippen LogP contribution in [0.3, 0.4) is 0 Å². The number of hydrogen-bond donors (Lipinski definition) is 0. The summed E-state index contributed by atoms with van der Waals surface area (Å²) in [6.07, 6.45) is 1.72. The molecule has 0 N–H and O–H groups in total. The number of ether oxygens (including phenoxy) is 1. The fourth-order valence-corrected chi connectivity index (χ4v) is 1.59. The number of nitrogens with zero attached hydrogens (tertiary/aromatic N) is 1. The summed E-state index contributed by atoms with van der Waals surface area (Å²) in [5, 5.41) is 8.53. The van der Waals surface area contributed by atoms with E-state index in [2.05, 4.69) is 32.9 Å². The Hall–Kier alpha value is -1.49. The van der Waals surface area contributed by atoms with Gasteiger partial charge in [0.05, 0.1) is 0 Å². The third-order valence-electron chi connectivity index (χ3n) is 2.47. The molecule has 0 aliphatic heterocycles. The number of aryl methyl sites for hydroxylation is 2. The Bertz CT molecular complexity index is 385. The minimum Gasteiger partial charge on any atom is -0.387 e. The molecule has 0 aromatic heterocycles. The summed E-state index contributed by atoms with van der Waals surface area (Å²) in [5.74, 6) is 0.686. The Labute approximate surface area is 91.5 Å². The van der Waals surface area contributed by atoms with E-state index in [0.29, 0.717) is 5.75 Å². The van der Waals surface area contributed by atoms with E-state index in [9.17, 15) is 0 Å². The molecule has 1 aromatic rings. The second-order valence-electron chi connectivity index (χ2n) is 4.88. The molecule has 0 saturated carbocycles. The molecular weight excluding hydrogens is 186 g/mol. The lowest BCUT2D eigenvalue weighted by Gasteiger charge is -2.21. The smallest absolute Gasteiger partial charge is 0.292 e. The molecule has 1 rings (SSSR count). The molecule has 1 aromatic carbocycles. The lowest BCUT2D eigenvalue weighted by molar-refractivity contribution is 0.497. The molecule has 2 heteroatoms. The fraction of sp³-hybridized carbons (Fsp3) is 0.462. The van der Waals surface area contributed by atoms with Gasteiger partial charge in [0.1, 0.15) is 5.75 Å². The first-order chi connectivity index (χ1) is 6.86. The molecule has 2 nitrogen and oxygen atoms in total. The minimum atomic E-state index is 0.126. The zero-order chi connectivity index (χ0) is 11.6. The van der Waals surface area contributed by atoms with Crippen molar-refractivity contribution in [3.63, 3.8) is 0 Å². The van der Waals surface area contributed by atoms with Crippen LogP contribution in [0.4, 0.5) is 0 Å². The highest BCUT2D eigenvalue weighted by atomic mass is 16.5. The zero-order valence-electron chi connectivity index (χ0n) is 10.0. The summed E-state index contributed by atoms with van der Waals surface area (Å²) in [6, 6.07) is 4.17. The Morgan fingerprint density at radius 1 is 1.13 bits per heavy atom. The van der Waals surface area contributed by atoms with E-state index in [1.165, 1.54) is 5.56 Å². The Kier molecular flexibility index (Phi) is 3.04. The number of rotatable bonds is 1. The van der Waals surface area contributed by atoms with Gasteiger partial charge in [0.25, 0.3) is 6.26 Å². The highest BCUT2D eigenvalue weighted by Crippen LogP contribution is 2.30. The predicted octanol–water partition coefficient (Wildman–Crippen LogP) is 3.46. The van der Waals surface area contributed by atoms with Crippen molar-refractivity contribution in [3.8, 4) is 12.0 Å². The van der Waals surface area contributed by atoms with E-state index in [0.717, 1.165) is 11.1 Å². The summed E-state index contributed by atoms with van der Waals surface area (Å²) in [6.45, 7) is 10.5. The largest absolute Gasteiger partial charge is 0.387 e. The summed E-state index contributed by atoms with van der Waals surface area (Å²) < 4.78 is 4.94. The van der Waals surface area contributed by atoms with Gasteiger partial charge in [-0.15, -0.1) is 5.26 Å². The van der Waals surface area contributed by atoms with Gasteiger partial charge in [0, 0.05) is 0 Å².